The molecule has 62 valence electrons. The second-order valence-corrected chi connectivity index (χ2v) is 3.55. The van der Waals surface area contributed by atoms with Gasteiger partial charge in [0.15, 0.2) is 0 Å². The van der Waals surface area contributed by atoms with Crippen LogP contribution in [-0.4, -0.2) is 17.8 Å². The van der Waals surface area contributed by atoms with E-state index in [1.807, 2.05) is 17.5 Å². The highest BCUT2D eigenvalue weighted by Gasteiger charge is 2.03. The van der Waals surface area contributed by atoms with Gasteiger partial charge in [-0.25, -0.2) is 0 Å². The Hall–Kier alpha value is -0.380. The molecule has 0 aliphatic carbocycles. The lowest BCUT2D eigenvalue weighted by atomic mass is 10.1. The molecule has 0 amide bonds. The SMILES string of the molecule is NCC[C@@H](O)Cc1cccs1. The fourth-order valence-electron chi connectivity index (χ4n) is 0.955. The maximum Gasteiger partial charge on any atom is 0.0600 e. The van der Waals surface area contributed by atoms with E-state index in [2.05, 4.69) is 0 Å². The molecule has 0 bridgehead atoms. The summed E-state index contributed by atoms with van der Waals surface area (Å²) in [5, 5.41) is 11.4. The monoisotopic (exact) mass is 171 g/mol. The summed E-state index contributed by atoms with van der Waals surface area (Å²) in [6, 6.07) is 4.03. The van der Waals surface area contributed by atoms with E-state index in [9.17, 15) is 5.11 Å². The third-order valence-corrected chi connectivity index (χ3v) is 2.42. The molecule has 0 spiro atoms. The van der Waals surface area contributed by atoms with Crippen LogP contribution in [0.2, 0.25) is 0 Å². The summed E-state index contributed by atoms with van der Waals surface area (Å²) >= 11 is 1.68. The Morgan fingerprint density at radius 1 is 1.64 bits per heavy atom. The van der Waals surface area contributed by atoms with Crippen molar-refractivity contribution in [3.63, 3.8) is 0 Å². The van der Waals surface area contributed by atoms with Gasteiger partial charge < -0.3 is 10.8 Å². The first-order chi connectivity index (χ1) is 5.33. The van der Waals surface area contributed by atoms with Crippen molar-refractivity contribution in [2.24, 2.45) is 5.73 Å². The Balaban J connectivity index is 2.31. The lowest BCUT2D eigenvalue weighted by Gasteiger charge is -2.05. The number of thiophene rings is 1. The van der Waals surface area contributed by atoms with Crippen LogP contribution in [0.3, 0.4) is 0 Å². The molecule has 1 aromatic heterocycles. The van der Waals surface area contributed by atoms with Crippen LogP contribution in [0.5, 0.6) is 0 Å². The second-order valence-electron chi connectivity index (χ2n) is 2.51. The summed E-state index contributed by atoms with van der Waals surface area (Å²) in [7, 11) is 0. The van der Waals surface area contributed by atoms with Crippen LogP contribution in [0, 0.1) is 0 Å². The van der Waals surface area contributed by atoms with Crippen molar-refractivity contribution >= 4 is 11.3 Å². The molecule has 3 heteroatoms. The Bertz CT molecular complexity index is 186. The maximum absolute atomic E-state index is 9.35. The first-order valence-electron chi connectivity index (χ1n) is 3.73. The van der Waals surface area contributed by atoms with Gasteiger partial charge in [-0.1, -0.05) is 6.07 Å². The van der Waals surface area contributed by atoms with E-state index < -0.39 is 0 Å². The molecule has 2 nitrogen and oxygen atoms in total. The average molecular weight is 171 g/mol. The molecular weight excluding hydrogens is 158 g/mol. The Kier molecular flexibility index (Phi) is 3.56. The highest BCUT2D eigenvalue weighted by molar-refractivity contribution is 7.09. The van der Waals surface area contributed by atoms with Gasteiger partial charge in [0.25, 0.3) is 0 Å². The van der Waals surface area contributed by atoms with Crippen LogP contribution >= 0.6 is 11.3 Å². The summed E-state index contributed by atoms with van der Waals surface area (Å²) in [4.78, 5) is 1.23. The van der Waals surface area contributed by atoms with Crippen molar-refractivity contribution < 1.29 is 5.11 Å². The van der Waals surface area contributed by atoms with Gasteiger partial charge in [-0.15, -0.1) is 11.3 Å². The Labute approximate surface area is 70.7 Å². The largest absolute Gasteiger partial charge is 0.393 e. The van der Waals surface area contributed by atoms with E-state index in [-0.39, 0.29) is 6.10 Å². The molecule has 0 unspecified atom stereocenters. The number of nitrogens with two attached hydrogens (primary N) is 1. The van der Waals surface area contributed by atoms with Crippen LogP contribution in [0.1, 0.15) is 11.3 Å². The van der Waals surface area contributed by atoms with Crippen molar-refractivity contribution in [3.8, 4) is 0 Å². The summed E-state index contributed by atoms with van der Waals surface area (Å²) < 4.78 is 0. The first kappa shape index (κ1) is 8.71. The van der Waals surface area contributed by atoms with E-state index in [4.69, 9.17) is 5.73 Å². The molecule has 1 rings (SSSR count). The normalized spacial score (nSPS) is 13.3. The third-order valence-electron chi connectivity index (χ3n) is 1.52. The van der Waals surface area contributed by atoms with Gasteiger partial charge in [-0.2, -0.15) is 0 Å². The summed E-state index contributed by atoms with van der Waals surface area (Å²) in [5.41, 5.74) is 5.30. The van der Waals surface area contributed by atoms with Crippen molar-refractivity contribution in [2.45, 2.75) is 18.9 Å². The van der Waals surface area contributed by atoms with Crippen LogP contribution < -0.4 is 5.73 Å². The van der Waals surface area contributed by atoms with Gasteiger partial charge in [0.05, 0.1) is 6.10 Å². The minimum absolute atomic E-state index is 0.265. The van der Waals surface area contributed by atoms with Crippen LogP contribution in [-0.2, 0) is 6.42 Å². The molecule has 0 aromatic carbocycles. The number of hydrogen-bond acceptors (Lipinski definition) is 3. The molecule has 0 radical (unpaired) electrons. The van der Waals surface area contributed by atoms with E-state index >= 15 is 0 Å². The Morgan fingerprint density at radius 3 is 3.00 bits per heavy atom. The number of aliphatic hydroxyl groups is 1. The van der Waals surface area contributed by atoms with Gasteiger partial charge in [-0.05, 0) is 24.4 Å². The molecule has 11 heavy (non-hydrogen) atoms. The molecule has 0 aliphatic rings. The first-order valence-corrected chi connectivity index (χ1v) is 4.61. The average Bonchev–Trinajstić information content (AvgIpc) is 2.40. The minimum Gasteiger partial charge on any atom is -0.393 e. The van der Waals surface area contributed by atoms with Crippen LogP contribution in [0.15, 0.2) is 17.5 Å². The highest BCUT2D eigenvalue weighted by Crippen LogP contribution is 2.11. The number of rotatable bonds is 4. The second kappa shape index (κ2) is 4.49. The van der Waals surface area contributed by atoms with Crippen LogP contribution in [0.4, 0.5) is 0 Å². The zero-order valence-electron chi connectivity index (χ0n) is 6.36. The molecule has 1 heterocycles. The van der Waals surface area contributed by atoms with E-state index in [1.165, 1.54) is 4.88 Å². The summed E-state index contributed by atoms with van der Waals surface area (Å²) in [6.45, 7) is 0.562. The van der Waals surface area contributed by atoms with Gasteiger partial charge in [0, 0.05) is 11.3 Å². The van der Waals surface area contributed by atoms with Gasteiger partial charge >= 0.3 is 0 Å². The molecule has 0 fully saturated rings. The van der Waals surface area contributed by atoms with E-state index in [0.717, 1.165) is 6.42 Å². The van der Waals surface area contributed by atoms with Crippen molar-refractivity contribution in [3.05, 3.63) is 22.4 Å². The van der Waals surface area contributed by atoms with Gasteiger partial charge in [-0.3, -0.25) is 0 Å². The van der Waals surface area contributed by atoms with E-state index in [1.54, 1.807) is 11.3 Å². The minimum atomic E-state index is -0.265. The van der Waals surface area contributed by atoms with Gasteiger partial charge in [0.1, 0.15) is 0 Å². The standard InChI is InChI=1S/C8H13NOS/c9-4-3-7(10)6-8-2-1-5-11-8/h1-2,5,7,10H,3-4,6,9H2/t7-/m1/s1. The van der Waals surface area contributed by atoms with Gasteiger partial charge in [0.2, 0.25) is 0 Å². The lowest BCUT2D eigenvalue weighted by Crippen LogP contribution is -2.15. The molecule has 0 aliphatic heterocycles. The maximum atomic E-state index is 9.35. The summed E-state index contributed by atoms with van der Waals surface area (Å²) in [6.07, 6.45) is 1.17. The van der Waals surface area contributed by atoms with E-state index in [0.29, 0.717) is 13.0 Å². The smallest absolute Gasteiger partial charge is 0.0600 e. The lowest BCUT2D eigenvalue weighted by molar-refractivity contribution is 0.168. The number of aliphatic hydroxyl groups excluding tert-OH is 1. The fourth-order valence-corrected chi connectivity index (χ4v) is 1.73. The summed E-state index contributed by atoms with van der Waals surface area (Å²) in [5.74, 6) is 0. The zero-order chi connectivity index (χ0) is 8.10. The topological polar surface area (TPSA) is 46.2 Å². The van der Waals surface area contributed by atoms with Crippen molar-refractivity contribution in [1.82, 2.24) is 0 Å². The molecule has 0 saturated heterocycles. The molecule has 3 N–H and O–H groups in total. The quantitative estimate of drug-likeness (QED) is 0.710. The molecule has 1 aromatic rings. The van der Waals surface area contributed by atoms with Crippen molar-refractivity contribution in [1.29, 1.82) is 0 Å². The van der Waals surface area contributed by atoms with Crippen LogP contribution in [0.25, 0.3) is 0 Å². The highest BCUT2D eigenvalue weighted by atomic mass is 32.1. The molecular formula is C8H13NOS. The molecule has 0 saturated carbocycles. The Morgan fingerprint density at radius 2 is 2.45 bits per heavy atom. The zero-order valence-corrected chi connectivity index (χ0v) is 7.18. The predicted molar refractivity (Wildman–Crippen MR) is 47.7 cm³/mol. The predicted octanol–water partition coefficient (Wildman–Crippen LogP) is 1.00. The number of hydrogen-bond donors (Lipinski definition) is 2. The van der Waals surface area contributed by atoms with Crippen molar-refractivity contribution in [2.75, 3.05) is 6.54 Å². The fraction of sp³-hybridized carbons (Fsp3) is 0.500. The molecule has 1 atom stereocenters. The third kappa shape index (κ3) is 3.01.